The molecule has 0 fully saturated rings. The molecule has 0 bridgehead atoms. The first-order valence-electron chi connectivity index (χ1n) is 18.0. The van der Waals surface area contributed by atoms with E-state index in [-0.39, 0.29) is 0 Å². The maximum absolute atomic E-state index is 6.23. The average Bonchev–Trinajstić information content (AvgIpc) is 3.78. The summed E-state index contributed by atoms with van der Waals surface area (Å²) in [5.74, 6) is 1.74. The monoisotopic (exact) mass is 691 g/mol. The minimum atomic E-state index is 0.565. The van der Waals surface area contributed by atoms with Crippen molar-refractivity contribution in [1.82, 2.24) is 24.5 Å². The first-order chi connectivity index (χ1) is 26.7. The summed E-state index contributed by atoms with van der Waals surface area (Å²) in [5, 5.41) is 6.74. The molecule has 0 amide bonds. The predicted molar refractivity (Wildman–Crippen MR) is 218 cm³/mol. The van der Waals surface area contributed by atoms with E-state index in [1.807, 2.05) is 36.5 Å². The Morgan fingerprint density at radius 2 is 1.13 bits per heavy atom. The maximum atomic E-state index is 6.23. The lowest BCUT2D eigenvalue weighted by molar-refractivity contribution is 0.668. The lowest BCUT2D eigenvalue weighted by atomic mass is 10.0. The van der Waals surface area contributed by atoms with Gasteiger partial charge in [-0.25, -0.2) is 15.0 Å². The Labute approximate surface area is 309 Å². The van der Waals surface area contributed by atoms with Crippen LogP contribution in [0.2, 0.25) is 0 Å². The molecule has 54 heavy (non-hydrogen) atoms. The van der Waals surface area contributed by atoms with Crippen LogP contribution >= 0.6 is 0 Å². The van der Waals surface area contributed by atoms with E-state index in [1.165, 1.54) is 27.1 Å². The van der Waals surface area contributed by atoms with Crippen molar-refractivity contribution in [3.8, 4) is 51.0 Å². The fourth-order valence-electron chi connectivity index (χ4n) is 7.77. The molecule has 6 heteroatoms. The fourth-order valence-corrected chi connectivity index (χ4v) is 7.77. The quantitative estimate of drug-likeness (QED) is 0.180. The standard InChI is InChI=1S/C48H29N5O/c1-2-10-30(11-3-1)32-14-8-15-35(26-32)47-50-46(51-48(52-47)38-17-9-19-44-45(38)40-29-49-25-24-43(40)54-44)31-20-22-36(23-21-31)53-41-18-7-6-16-37(41)39-27-33-12-4-5-13-34(33)28-42(39)53/h1-29H. The van der Waals surface area contributed by atoms with E-state index in [0.717, 1.165) is 61.0 Å². The molecular formula is C48H29N5O. The summed E-state index contributed by atoms with van der Waals surface area (Å²) in [4.78, 5) is 19.8. The Bertz CT molecular complexity index is 3220. The highest BCUT2D eigenvalue weighted by molar-refractivity contribution is 6.14. The summed E-state index contributed by atoms with van der Waals surface area (Å²) in [5.41, 5.74) is 9.79. The number of rotatable bonds is 5. The van der Waals surface area contributed by atoms with Crippen LogP contribution in [0.5, 0.6) is 0 Å². The number of furan rings is 1. The normalized spacial score (nSPS) is 11.7. The Morgan fingerprint density at radius 1 is 0.426 bits per heavy atom. The number of aromatic nitrogens is 5. The number of benzene rings is 7. The van der Waals surface area contributed by atoms with E-state index >= 15 is 0 Å². The number of fused-ring (bicyclic) bond motifs is 7. The summed E-state index contributed by atoms with van der Waals surface area (Å²) >= 11 is 0. The van der Waals surface area contributed by atoms with Gasteiger partial charge in [-0.2, -0.15) is 0 Å². The van der Waals surface area contributed by atoms with Crippen LogP contribution in [0.25, 0.3) is 105 Å². The van der Waals surface area contributed by atoms with E-state index < -0.39 is 0 Å². The first-order valence-corrected chi connectivity index (χ1v) is 18.0. The molecule has 0 aliphatic heterocycles. The first kappa shape index (κ1) is 30.2. The summed E-state index contributed by atoms with van der Waals surface area (Å²) < 4.78 is 8.58. The number of hydrogen-bond donors (Lipinski definition) is 0. The van der Waals surface area contributed by atoms with Gasteiger partial charge in [0.2, 0.25) is 0 Å². The molecule has 0 N–H and O–H groups in total. The molecule has 4 heterocycles. The average molecular weight is 692 g/mol. The van der Waals surface area contributed by atoms with Crippen molar-refractivity contribution in [3.63, 3.8) is 0 Å². The summed E-state index contributed by atoms with van der Waals surface area (Å²) in [6, 6.07) is 56.9. The Kier molecular flexibility index (Phi) is 6.75. The molecule has 0 atom stereocenters. The van der Waals surface area contributed by atoms with Gasteiger partial charge in [-0.15, -0.1) is 0 Å². The molecule has 11 aromatic rings. The molecule has 4 aromatic heterocycles. The second-order valence-electron chi connectivity index (χ2n) is 13.5. The molecule has 7 aromatic carbocycles. The Hall–Kier alpha value is -7.44. The molecule has 0 spiro atoms. The SMILES string of the molecule is c1ccc(-c2cccc(-c3nc(-c4ccc(-n5c6ccccc6c6cc7ccccc7cc65)cc4)nc(-c4cccc5oc6ccncc6c45)n3)c2)cc1. The van der Waals surface area contributed by atoms with Gasteiger partial charge in [0.25, 0.3) is 0 Å². The van der Waals surface area contributed by atoms with E-state index in [9.17, 15) is 0 Å². The van der Waals surface area contributed by atoms with Crippen LogP contribution in [0.3, 0.4) is 0 Å². The van der Waals surface area contributed by atoms with Gasteiger partial charge in [-0.05, 0) is 82.6 Å². The van der Waals surface area contributed by atoms with Gasteiger partial charge in [0, 0.05) is 56.3 Å². The van der Waals surface area contributed by atoms with Gasteiger partial charge >= 0.3 is 0 Å². The second-order valence-corrected chi connectivity index (χ2v) is 13.5. The van der Waals surface area contributed by atoms with Crippen LogP contribution in [-0.4, -0.2) is 24.5 Å². The fraction of sp³-hybridized carbons (Fsp3) is 0. The van der Waals surface area contributed by atoms with Gasteiger partial charge in [-0.1, -0.05) is 103 Å². The molecule has 0 unspecified atom stereocenters. The van der Waals surface area contributed by atoms with E-state index in [1.54, 1.807) is 6.20 Å². The summed E-state index contributed by atoms with van der Waals surface area (Å²) in [6.07, 6.45) is 3.58. The lowest BCUT2D eigenvalue weighted by Gasteiger charge is -2.12. The smallest absolute Gasteiger partial charge is 0.164 e. The molecule has 0 saturated heterocycles. The third-order valence-corrected chi connectivity index (χ3v) is 10.3. The zero-order chi connectivity index (χ0) is 35.6. The molecule has 0 aliphatic rings. The Morgan fingerprint density at radius 3 is 2.00 bits per heavy atom. The Balaban J connectivity index is 1.09. The third kappa shape index (κ3) is 4.89. The molecule has 0 saturated carbocycles. The van der Waals surface area contributed by atoms with Gasteiger partial charge in [0.05, 0.1) is 11.0 Å². The van der Waals surface area contributed by atoms with Crippen LogP contribution in [0, 0.1) is 0 Å². The van der Waals surface area contributed by atoms with Gasteiger partial charge < -0.3 is 8.98 Å². The maximum Gasteiger partial charge on any atom is 0.164 e. The molecule has 0 radical (unpaired) electrons. The van der Waals surface area contributed by atoms with Gasteiger partial charge in [-0.3, -0.25) is 4.98 Å². The van der Waals surface area contributed by atoms with Crippen molar-refractivity contribution in [2.24, 2.45) is 0 Å². The number of pyridine rings is 1. The number of para-hydroxylation sites is 1. The van der Waals surface area contributed by atoms with Crippen LogP contribution < -0.4 is 0 Å². The minimum absolute atomic E-state index is 0.565. The molecule has 11 rings (SSSR count). The van der Waals surface area contributed by atoms with Gasteiger partial charge in [0.15, 0.2) is 17.5 Å². The predicted octanol–water partition coefficient (Wildman–Crippen LogP) is 12.1. The van der Waals surface area contributed by atoms with E-state index in [2.05, 4.69) is 143 Å². The van der Waals surface area contributed by atoms with Crippen LogP contribution in [-0.2, 0) is 0 Å². The lowest BCUT2D eigenvalue weighted by Crippen LogP contribution is -2.01. The van der Waals surface area contributed by atoms with Crippen molar-refractivity contribution in [1.29, 1.82) is 0 Å². The summed E-state index contributed by atoms with van der Waals surface area (Å²) in [6.45, 7) is 0. The molecule has 6 nitrogen and oxygen atoms in total. The third-order valence-electron chi connectivity index (χ3n) is 10.3. The number of hydrogen-bond acceptors (Lipinski definition) is 5. The largest absolute Gasteiger partial charge is 0.456 e. The van der Waals surface area contributed by atoms with E-state index in [0.29, 0.717) is 17.5 Å². The van der Waals surface area contributed by atoms with Crippen molar-refractivity contribution in [3.05, 3.63) is 176 Å². The van der Waals surface area contributed by atoms with Crippen molar-refractivity contribution >= 4 is 54.5 Å². The highest BCUT2D eigenvalue weighted by Gasteiger charge is 2.19. The van der Waals surface area contributed by atoms with Crippen LogP contribution in [0.15, 0.2) is 181 Å². The van der Waals surface area contributed by atoms with E-state index in [4.69, 9.17) is 19.4 Å². The zero-order valence-electron chi connectivity index (χ0n) is 28.9. The summed E-state index contributed by atoms with van der Waals surface area (Å²) in [7, 11) is 0. The minimum Gasteiger partial charge on any atom is -0.456 e. The topological polar surface area (TPSA) is 69.6 Å². The highest BCUT2D eigenvalue weighted by Crippen LogP contribution is 2.38. The van der Waals surface area contributed by atoms with Gasteiger partial charge in [0.1, 0.15) is 11.2 Å². The van der Waals surface area contributed by atoms with Crippen molar-refractivity contribution in [2.45, 2.75) is 0 Å². The molecule has 0 aliphatic carbocycles. The zero-order valence-corrected chi connectivity index (χ0v) is 28.9. The van der Waals surface area contributed by atoms with Crippen LogP contribution in [0.1, 0.15) is 0 Å². The highest BCUT2D eigenvalue weighted by atomic mass is 16.3. The van der Waals surface area contributed by atoms with Crippen molar-refractivity contribution in [2.75, 3.05) is 0 Å². The van der Waals surface area contributed by atoms with Crippen LogP contribution in [0.4, 0.5) is 0 Å². The molecule has 252 valence electrons. The van der Waals surface area contributed by atoms with Crippen molar-refractivity contribution < 1.29 is 4.42 Å². The number of nitrogens with zero attached hydrogens (tertiary/aromatic N) is 5. The second kappa shape index (κ2) is 12.1. The molecular weight excluding hydrogens is 663 g/mol.